The van der Waals surface area contributed by atoms with Gasteiger partial charge in [-0.1, -0.05) is 6.92 Å². The first-order valence-corrected chi connectivity index (χ1v) is 7.54. The second-order valence-electron chi connectivity index (χ2n) is 4.64. The number of benzene rings is 1. The van der Waals surface area contributed by atoms with Crippen molar-refractivity contribution < 1.29 is 10.3 Å². The number of amides is 1. The molecule has 3 rings (SSSR count). The molecule has 2 aromatic heterocycles. The first-order chi connectivity index (χ1) is 10.6. The molecule has 24 heavy (non-hydrogen) atoms. The Balaban J connectivity index is 0.00000144. The Morgan fingerprint density at radius 3 is 2.88 bits per heavy atom. The lowest BCUT2D eigenvalue weighted by molar-refractivity contribution is 0.0975. The molecule has 128 valence electrons. The molecule has 8 nitrogen and oxygen atoms in total. The number of nitrogens with zero attached hydrogens (tertiary/aromatic N) is 3. The van der Waals surface area contributed by atoms with Crippen molar-refractivity contribution in [3.8, 4) is 5.69 Å². The Morgan fingerprint density at radius 2 is 2.21 bits per heavy atom. The SMILES string of the molecule is CCc1c(C(=O)NC(=N)N)cnn1-c1ccc2ncsc2c1.Cl.O. The molecule has 0 aliphatic rings. The van der Waals surface area contributed by atoms with Crippen molar-refractivity contribution in [2.45, 2.75) is 13.3 Å². The number of thiazole rings is 1. The molecule has 0 saturated carbocycles. The minimum Gasteiger partial charge on any atom is -0.412 e. The van der Waals surface area contributed by atoms with E-state index >= 15 is 0 Å². The van der Waals surface area contributed by atoms with E-state index in [-0.39, 0.29) is 23.8 Å². The van der Waals surface area contributed by atoms with E-state index in [0.29, 0.717) is 12.0 Å². The van der Waals surface area contributed by atoms with Crippen molar-refractivity contribution in [2.24, 2.45) is 5.73 Å². The van der Waals surface area contributed by atoms with Crippen LogP contribution in [0.5, 0.6) is 0 Å². The molecule has 0 atom stereocenters. The number of hydrogen-bond acceptors (Lipinski definition) is 5. The summed E-state index contributed by atoms with van der Waals surface area (Å²) in [6.07, 6.45) is 2.12. The van der Waals surface area contributed by atoms with Gasteiger partial charge in [-0.15, -0.1) is 23.7 Å². The van der Waals surface area contributed by atoms with Crippen LogP contribution in [0.1, 0.15) is 23.0 Å². The molecule has 0 saturated heterocycles. The number of rotatable bonds is 3. The van der Waals surface area contributed by atoms with E-state index in [4.69, 9.17) is 11.1 Å². The van der Waals surface area contributed by atoms with Crippen molar-refractivity contribution >= 4 is 45.8 Å². The van der Waals surface area contributed by atoms with Gasteiger partial charge in [-0.05, 0) is 24.6 Å². The predicted molar refractivity (Wildman–Crippen MR) is 96.4 cm³/mol. The first-order valence-electron chi connectivity index (χ1n) is 6.66. The molecule has 0 bridgehead atoms. The van der Waals surface area contributed by atoms with Crippen LogP contribution in [0.3, 0.4) is 0 Å². The topological polar surface area (TPSA) is 141 Å². The van der Waals surface area contributed by atoms with Gasteiger partial charge in [-0.2, -0.15) is 5.10 Å². The Hall–Kier alpha value is -2.49. The van der Waals surface area contributed by atoms with E-state index in [2.05, 4.69) is 15.4 Å². The highest BCUT2D eigenvalue weighted by Gasteiger charge is 2.17. The van der Waals surface area contributed by atoms with Crippen LogP contribution in [-0.2, 0) is 6.42 Å². The number of carbonyl (C=O) groups excluding carboxylic acids is 1. The van der Waals surface area contributed by atoms with Crippen molar-refractivity contribution in [2.75, 3.05) is 0 Å². The second kappa shape index (κ2) is 7.86. The highest BCUT2D eigenvalue weighted by Crippen LogP contribution is 2.23. The summed E-state index contributed by atoms with van der Waals surface area (Å²) in [7, 11) is 0. The lowest BCUT2D eigenvalue weighted by Gasteiger charge is -2.08. The van der Waals surface area contributed by atoms with Crippen LogP contribution in [0.2, 0.25) is 0 Å². The van der Waals surface area contributed by atoms with E-state index < -0.39 is 5.91 Å². The van der Waals surface area contributed by atoms with Gasteiger partial charge in [0, 0.05) is 0 Å². The van der Waals surface area contributed by atoms with Crippen molar-refractivity contribution in [1.29, 1.82) is 5.41 Å². The smallest absolute Gasteiger partial charge is 0.261 e. The van der Waals surface area contributed by atoms with Crippen molar-refractivity contribution in [3.05, 3.63) is 41.2 Å². The normalized spacial score (nSPS) is 9.88. The fourth-order valence-corrected chi connectivity index (χ4v) is 3.00. The number of carbonyl (C=O) groups is 1. The van der Waals surface area contributed by atoms with E-state index in [0.717, 1.165) is 21.6 Å². The lowest BCUT2D eigenvalue weighted by atomic mass is 10.2. The van der Waals surface area contributed by atoms with E-state index in [1.165, 1.54) is 6.20 Å². The van der Waals surface area contributed by atoms with Crippen LogP contribution < -0.4 is 11.1 Å². The molecule has 10 heteroatoms. The van der Waals surface area contributed by atoms with Crippen LogP contribution in [0, 0.1) is 5.41 Å². The van der Waals surface area contributed by atoms with Gasteiger partial charge >= 0.3 is 0 Å². The summed E-state index contributed by atoms with van der Waals surface area (Å²) < 4.78 is 2.79. The molecule has 0 spiro atoms. The molecule has 0 radical (unpaired) electrons. The van der Waals surface area contributed by atoms with Gasteiger partial charge in [0.25, 0.3) is 5.91 Å². The summed E-state index contributed by atoms with van der Waals surface area (Å²) >= 11 is 1.55. The lowest BCUT2D eigenvalue weighted by Crippen LogP contribution is -2.36. The standard InChI is InChI=1S/C14H14N6OS.ClH.H2O/c1-2-11-9(13(21)19-14(15)16)6-18-20(11)8-3-4-10-12(5-8)22-7-17-10;;/h3-7H,2H2,1H3,(H4,15,16,19,21);1H;1H2. The van der Waals surface area contributed by atoms with E-state index in [1.54, 1.807) is 21.5 Å². The average molecular weight is 369 g/mol. The summed E-state index contributed by atoms with van der Waals surface area (Å²) in [6, 6.07) is 5.84. The molecule has 0 aliphatic carbocycles. The van der Waals surface area contributed by atoms with Crippen LogP contribution in [0.4, 0.5) is 0 Å². The Bertz CT molecular complexity index is 875. The highest BCUT2D eigenvalue weighted by molar-refractivity contribution is 7.16. The van der Waals surface area contributed by atoms with Crippen LogP contribution in [-0.4, -0.2) is 32.1 Å². The Morgan fingerprint density at radius 1 is 1.46 bits per heavy atom. The summed E-state index contributed by atoms with van der Waals surface area (Å²) in [5, 5.41) is 13.7. The van der Waals surface area contributed by atoms with Crippen molar-refractivity contribution in [3.63, 3.8) is 0 Å². The average Bonchev–Trinajstić information content (AvgIpc) is 3.11. The number of hydrogen-bond donors (Lipinski definition) is 3. The first kappa shape index (κ1) is 19.6. The zero-order chi connectivity index (χ0) is 15.7. The van der Waals surface area contributed by atoms with Crippen molar-refractivity contribution in [1.82, 2.24) is 20.1 Å². The molecular weight excluding hydrogens is 352 g/mol. The van der Waals surface area contributed by atoms with Crippen LogP contribution >= 0.6 is 23.7 Å². The molecule has 0 unspecified atom stereocenters. The number of halogens is 1. The molecule has 1 aromatic carbocycles. The summed E-state index contributed by atoms with van der Waals surface area (Å²) in [6.45, 7) is 1.95. The minimum absolute atomic E-state index is 0. The minimum atomic E-state index is -0.422. The second-order valence-corrected chi connectivity index (χ2v) is 5.53. The molecular formula is C14H17ClN6O2S. The third-order valence-corrected chi connectivity index (χ3v) is 4.05. The Kier molecular flexibility index (Phi) is 6.41. The summed E-state index contributed by atoms with van der Waals surface area (Å²) in [5.41, 5.74) is 10.00. The molecule has 6 N–H and O–H groups in total. The van der Waals surface area contributed by atoms with Gasteiger partial charge in [0.15, 0.2) is 5.96 Å². The fourth-order valence-electron chi connectivity index (χ4n) is 2.29. The number of fused-ring (bicyclic) bond motifs is 1. The maximum Gasteiger partial charge on any atom is 0.261 e. The van der Waals surface area contributed by atoms with Gasteiger partial charge in [0.2, 0.25) is 0 Å². The van der Waals surface area contributed by atoms with Crippen LogP contribution in [0.25, 0.3) is 15.9 Å². The maximum atomic E-state index is 12.1. The predicted octanol–water partition coefficient (Wildman–Crippen LogP) is 1.26. The van der Waals surface area contributed by atoms with Crippen LogP contribution in [0.15, 0.2) is 29.9 Å². The number of guanidine groups is 1. The van der Waals surface area contributed by atoms with Gasteiger partial charge in [0.1, 0.15) is 0 Å². The van der Waals surface area contributed by atoms with Gasteiger partial charge in [-0.25, -0.2) is 9.67 Å². The molecule has 1 amide bonds. The number of nitrogens with one attached hydrogen (secondary N) is 2. The zero-order valence-electron chi connectivity index (χ0n) is 12.7. The third-order valence-electron chi connectivity index (χ3n) is 3.26. The zero-order valence-corrected chi connectivity index (χ0v) is 14.4. The maximum absolute atomic E-state index is 12.1. The van der Waals surface area contributed by atoms with Gasteiger partial charge in [0.05, 0.1) is 38.9 Å². The molecule has 3 aromatic rings. The summed E-state index contributed by atoms with van der Waals surface area (Å²) in [5.74, 6) is -0.805. The quantitative estimate of drug-likeness (QED) is 0.472. The van der Waals surface area contributed by atoms with E-state index in [9.17, 15) is 4.79 Å². The number of aromatic nitrogens is 3. The van der Waals surface area contributed by atoms with Gasteiger partial charge in [-0.3, -0.25) is 15.5 Å². The third kappa shape index (κ3) is 3.53. The summed E-state index contributed by atoms with van der Waals surface area (Å²) in [4.78, 5) is 16.3. The largest absolute Gasteiger partial charge is 0.412 e. The molecule has 0 fully saturated rings. The van der Waals surface area contributed by atoms with Gasteiger partial charge < -0.3 is 11.2 Å². The Labute approximate surface area is 147 Å². The monoisotopic (exact) mass is 368 g/mol. The highest BCUT2D eigenvalue weighted by atomic mass is 35.5. The fraction of sp³-hybridized carbons (Fsp3) is 0.143. The number of nitrogens with two attached hydrogens (primary N) is 1. The molecule has 2 heterocycles. The van der Waals surface area contributed by atoms with E-state index in [1.807, 2.05) is 25.1 Å². The molecule has 0 aliphatic heterocycles.